The maximum atomic E-state index is 5.33. The van der Waals surface area contributed by atoms with E-state index in [1.165, 1.54) is 12.8 Å². The minimum absolute atomic E-state index is 0. The Hall–Kier alpha value is 0.350. The van der Waals surface area contributed by atoms with E-state index in [-0.39, 0.29) is 9.90 Å². The molecule has 0 aromatic carbocycles. The fourth-order valence-electron chi connectivity index (χ4n) is 0.815. The lowest BCUT2D eigenvalue weighted by Crippen LogP contribution is -2.05. The Balaban J connectivity index is 0. The van der Waals surface area contributed by atoms with Crippen molar-refractivity contribution >= 4 is 9.90 Å². The average molecular weight is 208 g/mol. The summed E-state index contributed by atoms with van der Waals surface area (Å²) in [5, 5.41) is 0. The van der Waals surface area contributed by atoms with E-state index in [2.05, 4.69) is 13.8 Å². The molecule has 0 radical (unpaired) electrons. The van der Waals surface area contributed by atoms with Gasteiger partial charge >= 0.3 is 0 Å². The summed E-state index contributed by atoms with van der Waals surface area (Å²) in [6, 6.07) is 0. The van der Waals surface area contributed by atoms with Crippen molar-refractivity contribution in [1.82, 2.24) is 0 Å². The molecule has 2 nitrogen and oxygen atoms in total. The minimum atomic E-state index is 0. The van der Waals surface area contributed by atoms with Crippen LogP contribution in [0.2, 0.25) is 0 Å². The van der Waals surface area contributed by atoms with Crippen LogP contribution in [0.15, 0.2) is 0 Å². The molecule has 0 fully saturated rings. The molecule has 0 aromatic rings. The van der Waals surface area contributed by atoms with Crippen LogP contribution in [0.3, 0.4) is 0 Å². The van der Waals surface area contributed by atoms with Gasteiger partial charge in [0.1, 0.15) is 0 Å². The molecule has 0 aromatic heterocycles. The molecule has 0 spiro atoms. The smallest absolute Gasteiger partial charge is 0.0700 e. The Morgan fingerprint density at radius 2 is 1.08 bits per heavy atom. The molecular weight excluding hydrogens is 183 g/mol. The zero-order valence-electron chi connectivity index (χ0n) is 9.18. The van der Waals surface area contributed by atoms with Crippen molar-refractivity contribution in [3.05, 3.63) is 0 Å². The summed E-state index contributed by atoms with van der Waals surface area (Å²) in [6.07, 6.45) is 4.73. The number of rotatable bonds is 9. The zero-order valence-corrected chi connectivity index (χ0v) is 10.6. The first-order chi connectivity index (χ1) is 5.91. The predicted molar refractivity (Wildman–Crippen MR) is 62.6 cm³/mol. The molecule has 1 unspecified atom stereocenters. The second-order valence-corrected chi connectivity index (χ2v) is 2.93. The zero-order chi connectivity index (χ0) is 9.07. The Kier molecular flexibility index (Phi) is 18.1. The SMILES string of the molecule is CCCCOCCOCCCC.P. The van der Waals surface area contributed by atoms with Crippen LogP contribution in [0, 0.1) is 0 Å². The summed E-state index contributed by atoms with van der Waals surface area (Å²) < 4.78 is 10.7. The molecule has 0 heterocycles. The molecule has 0 aliphatic heterocycles. The maximum absolute atomic E-state index is 5.33. The quantitative estimate of drug-likeness (QED) is 0.428. The molecule has 0 rings (SSSR count). The summed E-state index contributed by atoms with van der Waals surface area (Å²) in [6.45, 7) is 7.61. The fourth-order valence-corrected chi connectivity index (χ4v) is 0.815. The highest BCUT2D eigenvalue weighted by Gasteiger charge is 1.88. The van der Waals surface area contributed by atoms with Crippen molar-refractivity contribution in [3.63, 3.8) is 0 Å². The van der Waals surface area contributed by atoms with Gasteiger partial charge in [0, 0.05) is 13.2 Å². The Bertz CT molecular complexity index is 69.3. The Morgan fingerprint density at radius 1 is 0.692 bits per heavy atom. The molecule has 0 saturated carbocycles. The van der Waals surface area contributed by atoms with Crippen LogP contribution >= 0.6 is 9.90 Å². The normalized spacial score (nSPS) is 9.69. The second kappa shape index (κ2) is 14.9. The van der Waals surface area contributed by atoms with Gasteiger partial charge in [-0.1, -0.05) is 26.7 Å². The van der Waals surface area contributed by atoms with E-state index in [0.29, 0.717) is 0 Å². The molecule has 0 amide bonds. The van der Waals surface area contributed by atoms with Crippen LogP contribution < -0.4 is 0 Å². The lowest BCUT2D eigenvalue weighted by atomic mass is 10.4. The predicted octanol–water partition coefficient (Wildman–Crippen LogP) is 2.68. The van der Waals surface area contributed by atoms with Crippen molar-refractivity contribution in [1.29, 1.82) is 0 Å². The van der Waals surface area contributed by atoms with Gasteiger partial charge in [-0.2, -0.15) is 9.90 Å². The molecule has 0 bridgehead atoms. The first-order valence-corrected chi connectivity index (χ1v) is 5.07. The molecule has 0 aliphatic carbocycles. The number of hydrogen-bond donors (Lipinski definition) is 0. The summed E-state index contributed by atoms with van der Waals surface area (Å²) in [4.78, 5) is 0. The van der Waals surface area contributed by atoms with Gasteiger partial charge in [0.05, 0.1) is 13.2 Å². The minimum Gasteiger partial charge on any atom is -0.379 e. The molecule has 0 N–H and O–H groups in total. The molecule has 3 heteroatoms. The van der Waals surface area contributed by atoms with Crippen LogP contribution in [-0.4, -0.2) is 26.4 Å². The molecule has 0 aliphatic rings. The van der Waals surface area contributed by atoms with Crippen LogP contribution in [0.25, 0.3) is 0 Å². The van der Waals surface area contributed by atoms with Gasteiger partial charge in [0.25, 0.3) is 0 Å². The monoisotopic (exact) mass is 208 g/mol. The van der Waals surface area contributed by atoms with Gasteiger partial charge in [-0.25, -0.2) is 0 Å². The summed E-state index contributed by atoms with van der Waals surface area (Å²) in [5.74, 6) is 0. The van der Waals surface area contributed by atoms with Crippen molar-refractivity contribution in [3.8, 4) is 0 Å². The summed E-state index contributed by atoms with van der Waals surface area (Å²) in [5.41, 5.74) is 0. The van der Waals surface area contributed by atoms with Crippen LogP contribution in [0.4, 0.5) is 0 Å². The third-order valence-electron chi connectivity index (χ3n) is 1.66. The van der Waals surface area contributed by atoms with Crippen LogP contribution in [-0.2, 0) is 9.47 Å². The fraction of sp³-hybridized carbons (Fsp3) is 1.00. The van der Waals surface area contributed by atoms with Gasteiger partial charge < -0.3 is 9.47 Å². The van der Waals surface area contributed by atoms with Crippen molar-refractivity contribution in [2.75, 3.05) is 26.4 Å². The first-order valence-electron chi connectivity index (χ1n) is 5.07. The number of hydrogen-bond acceptors (Lipinski definition) is 2. The van der Waals surface area contributed by atoms with Gasteiger partial charge in [0.2, 0.25) is 0 Å². The van der Waals surface area contributed by atoms with Gasteiger partial charge in [-0.15, -0.1) is 0 Å². The van der Waals surface area contributed by atoms with E-state index in [9.17, 15) is 0 Å². The topological polar surface area (TPSA) is 18.5 Å². The van der Waals surface area contributed by atoms with Gasteiger partial charge in [0.15, 0.2) is 0 Å². The largest absolute Gasteiger partial charge is 0.379 e. The third-order valence-corrected chi connectivity index (χ3v) is 1.66. The molecule has 13 heavy (non-hydrogen) atoms. The summed E-state index contributed by atoms with van der Waals surface area (Å²) >= 11 is 0. The van der Waals surface area contributed by atoms with E-state index < -0.39 is 0 Å². The lowest BCUT2D eigenvalue weighted by Gasteiger charge is -2.03. The molecule has 82 valence electrons. The van der Waals surface area contributed by atoms with Gasteiger partial charge in [-0.3, -0.25) is 0 Å². The van der Waals surface area contributed by atoms with Gasteiger partial charge in [-0.05, 0) is 12.8 Å². The highest BCUT2D eigenvalue weighted by molar-refractivity contribution is 6.92. The number of ether oxygens (including phenoxy) is 2. The maximum Gasteiger partial charge on any atom is 0.0700 e. The van der Waals surface area contributed by atoms with E-state index in [1.807, 2.05) is 0 Å². The van der Waals surface area contributed by atoms with Crippen molar-refractivity contribution in [2.45, 2.75) is 39.5 Å². The molecule has 1 atom stereocenters. The highest BCUT2D eigenvalue weighted by atomic mass is 31.0. The van der Waals surface area contributed by atoms with Crippen molar-refractivity contribution in [2.24, 2.45) is 0 Å². The van der Waals surface area contributed by atoms with Crippen molar-refractivity contribution < 1.29 is 9.47 Å². The Labute approximate surface area is 86.0 Å². The Morgan fingerprint density at radius 3 is 1.38 bits per heavy atom. The van der Waals surface area contributed by atoms with E-state index >= 15 is 0 Å². The second-order valence-electron chi connectivity index (χ2n) is 2.93. The number of unbranched alkanes of at least 4 members (excludes halogenated alkanes) is 2. The molecular formula is C10H25O2P. The third kappa shape index (κ3) is 15.1. The van der Waals surface area contributed by atoms with E-state index in [4.69, 9.17) is 9.47 Å². The molecule has 0 saturated heterocycles. The average Bonchev–Trinajstić information content (AvgIpc) is 2.10. The lowest BCUT2D eigenvalue weighted by molar-refractivity contribution is 0.0457. The van der Waals surface area contributed by atoms with E-state index in [1.54, 1.807) is 0 Å². The first kappa shape index (κ1) is 15.8. The standard InChI is InChI=1S/C10H22O2.H3P/c1-3-5-7-11-9-10-12-8-6-4-2;/h3-10H2,1-2H3;1H3. The summed E-state index contributed by atoms with van der Waals surface area (Å²) in [7, 11) is 0. The van der Waals surface area contributed by atoms with Crippen LogP contribution in [0.1, 0.15) is 39.5 Å². The van der Waals surface area contributed by atoms with E-state index in [0.717, 1.165) is 39.3 Å². The highest BCUT2D eigenvalue weighted by Crippen LogP contribution is 1.90. The van der Waals surface area contributed by atoms with Crippen LogP contribution in [0.5, 0.6) is 0 Å².